The van der Waals surface area contributed by atoms with Crippen molar-refractivity contribution in [1.29, 1.82) is 0 Å². The van der Waals surface area contributed by atoms with Crippen LogP contribution < -0.4 is 10.4 Å². The van der Waals surface area contributed by atoms with Crippen molar-refractivity contribution in [3.63, 3.8) is 0 Å². The second kappa shape index (κ2) is 16.5. The highest BCUT2D eigenvalue weighted by Crippen LogP contribution is 2.59. The lowest BCUT2D eigenvalue weighted by molar-refractivity contribution is 0.0585. The van der Waals surface area contributed by atoms with Gasteiger partial charge in [0.15, 0.2) is 0 Å². The number of benzene rings is 4. The molecule has 4 aromatic carbocycles. The summed E-state index contributed by atoms with van der Waals surface area (Å²) in [6.45, 7) is 39.5. The maximum absolute atomic E-state index is 7.21. The Morgan fingerprint density at radius 2 is 0.804 bits per heavy atom. The van der Waals surface area contributed by atoms with Crippen LogP contribution in [0.15, 0.2) is 170 Å². The monoisotopic (exact) mass is 746 g/mol. The number of rotatable bonds is 15. The summed E-state index contributed by atoms with van der Waals surface area (Å²) in [4.78, 5) is 0. The van der Waals surface area contributed by atoms with Crippen molar-refractivity contribution in [2.24, 2.45) is 0 Å². The Balaban J connectivity index is 0.000000277. The van der Waals surface area contributed by atoms with Crippen LogP contribution in [-0.2, 0) is 14.5 Å². The van der Waals surface area contributed by atoms with E-state index in [1.807, 2.05) is 17.8 Å². The van der Waals surface area contributed by atoms with Gasteiger partial charge < -0.3 is 8.85 Å². The van der Waals surface area contributed by atoms with E-state index in [1.54, 1.807) is 0 Å². The van der Waals surface area contributed by atoms with E-state index in [9.17, 15) is 0 Å². The van der Waals surface area contributed by atoms with Crippen molar-refractivity contribution >= 4 is 43.2 Å². The van der Waals surface area contributed by atoms with Gasteiger partial charge in [0.2, 0.25) is 8.32 Å². The van der Waals surface area contributed by atoms with Crippen LogP contribution in [-0.4, -0.2) is 38.0 Å². The van der Waals surface area contributed by atoms with Crippen LogP contribution in [0.2, 0.25) is 44.3 Å². The fourth-order valence-corrected chi connectivity index (χ4v) is 14.9. The first-order valence-electron chi connectivity index (χ1n) is 18.0. The fourth-order valence-electron chi connectivity index (χ4n) is 6.34. The predicted octanol–water partition coefficient (Wildman–Crippen LogP) is 11.3. The van der Waals surface area contributed by atoms with E-state index in [2.05, 4.69) is 220 Å². The highest BCUT2D eigenvalue weighted by molar-refractivity contribution is 7.02. The standard InChI is InChI=1S/C24H34OSi2.C21H28OSi2/c1-9-26(5,6)23(3,4)24(25-27(7,8)10-2,21-17-13-11-14-18-21)22-19-15-12-16-20-22;1-7-23(5,6)21(3,4)22-24(8-2,19-15-11-9-12-16-19)20-17-13-10-14-18-20/h9-20H,1-2H2,3-8H3;7-18H,1-2H2,3-6H3. The largest absolute Gasteiger partial charge is 0.402 e. The molecule has 0 amide bonds. The van der Waals surface area contributed by atoms with Gasteiger partial charge in [-0.3, -0.25) is 0 Å². The number of hydrogen-bond donors (Lipinski definition) is 0. The first-order valence-corrected chi connectivity index (χ1v) is 29.1. The molecule has 0 bridgehead atoms. The van der Waals surface area contributed by atoms with Crippen LogP contribution in [0.4, 0.5) is 0 Å². The molecule has 0 unspecified atom stereocenters. The highest BCUT2D eigenvalue weighted by atomic mass is 28.4. The third-order valence-corrected chi connectivity index (χ3v) is 26.1. The van der Waals surface area contributed by atoms with Gasteiger partial charge in [-0.25, -0.2) is 0 Å². The van der Waals surface area contributed by atoms with Crippen LogP contribution in [0.25, 0.3) is 0 Å². The Morgan fingerprint density at radius 1 is 0.451 bits per heavy atom. The van der Waals surface area contributed by atoms with E-state index < -0.39 is 38.4 Å². The molecule has 0 saturated carbocycles. The summed E-state index contributed by atoms with van der Waals surface area (Å²) >= 11 is 0. The zero-order chi connectivity index (χ0) is 38.2. The zero-order valence-electron chi connectivity index (χ0n) is 33.0. The molecule has 0 heterocycles. The molecule has 0 N–H and O–H groups in total. The topological polar surface area (TPSA) is 18.5 Å². The SMILES string of the molecule is C=C[Si](C)(C)OC(c1ccccc1)(c1ccccc1)C(C)(C)[Si](C)(C)C=C.C=C[Si](OC(C)(C)[Si](C)(C)C=C)(c1ccccc1)c1ccccc1. The molecule has 4 aromatic rings. The molecule has 0 aliphatic rings. The molecule has 0 spiro atoms. The summed E-state index contributed by atoms with van der Waals surface area (Å²) in [6, 6.07) is 42.5. The highest BCUT2D eigenvalue weighted by Gasteiger charge is 2.57. The molecule has 0 aliphatic carbocycles. The molecular weight excluding hydrogens is 685 g/mol. The first-order chi connectivity index (χ1) is 23.8. The van der Waals surface area contributed by atoms with Gasteiger partial charge in [-0.1, -0.05) is 178 Å². The molecule has 0 aliphatic heterocycles. The molecule has 0 fully saturated rings. The van der Waals surface area contributed by atoms with Gasteiger partial charge in [0, 0.05) is 10.3 Å². The van der Waals surface area contributed by atoms with Gasteiger partial charge in [-0.05, 0) is 48.4 Å². The second-order valence-corrected chi connectivity index (χ2v) is 33.3. The van der Waals surface area contributed by atoms with Gasteiger partial charge in [-0.2, -0.15) is 0 Å². The van der Waals surface area contributed by atoms with Crippen LogP contribution in [0.5, 0.6) is 0 Å². The minimum absolute atomic E-state index is 0.141. The Bertz CT molecular complexity index is 1650. The normalized spacial score (nSPS) is 13.0. The third-order valence-electron chi connectivity index (χ3n) is 11.4. The van der Waals surface area contributed by atoms with Crippen LogP contribution >= 0.6 is 0 Å². The van der Waals surface area contributed by atoms with E-state index in [-0.39, 0.29) is 10.3 Å². The molecule has 2 nitrogen and oxygen atoms in total. The average molecular weight is 747 g/mol. The van der Waals surface area contributed by atoms with E-state index in [0.29, 0.717) is 0 Å². The van der Waals surface area contributed by atoms with Crippen LogP contribution in [0.1, 0.15) is 38.8 Å². The van der Waals surface area contributed by atoms with Crippen molar-refractivity contribution in [3.8, 4) is 0 Å². The summed E-state index contributed by atoms with van der Waals surface area (Å²) in [5.41, 5.74) is 10.2. The molecule has 0 saturated heterocycles. The smallest absolute Gasteiger partial charge is 0.280 e. The van der Waals surface area contributed by atoms with Gasteiger partial charge >= 0.3 is 0 Å². The lowest BCUT2D eigenvalue weighted by Gasteiger charge is -2.56. The molecule has 0 atom stereocenters. The maximum Gasteiger partial charge on any atom is 0.280 e. The first kappa shape index (κ1) is 42.0. The molecule has 4 rings (SSSR count). The summed E-state index contributed by atoms with van der Waals surface area (Å²) in [5, 5.41) is 2.07. The van der Waals surface area contributed by atoms with Crippen molar-refractivity contribution in [2.45, 2.75) is 82.8 Å². The quantitative estimate of drug-likeness (QED) is 0.113. The summed E-state index contributed by atoms with van der Waals surface area (Å²) < 4.78 is 14.2. The fraction of sp³-hybridized carbons (Fsp3) is 0.289. The van der Waals surface area contributed by atoms with Crippen molar-refractivity contribution < 1.29 is 8.85 Å². The molecule has 6 heteroatoms. The third kappa shape index (κ3) is 8.65. The Kier molecular flexibility index (Phi) is 13.6. The maximum atomic E-state index is 7.21. The second-order valence-electron chi connectivity index (χ2n) is 16.1. The minimum atomic E-state index is -2.53. The van der Waals surface area contributed by atoms with Crippen molar-refractivity contribution in [2.75, 3.05) is 0 Å². The van der Waals surface area contributed by atoms with Gasteiger partial charge in [-0.15, -0.1) is 32.0 Å². The molecule has 270 valence electrons. The molecule has 0 radical (unpaired) electrons. The van der Waals surface area contributed by atoms with Crippen molar-refractivity contribution in [1.82, 2.24) is 0 Å². The minimum Gasteiger partial charge on any atom is -0.402 e. The van der Waals surface area contributed by atoms with E-state index >= 15 is 0 Å². The Morgan fingerprint density at radius 3 is 1.12 bits per heavy atom. The summed E-state index contributed by atoms with van der Waals surface area (Å²) in [7, 11) is -8.32. The van der Waals surface area contributed by atoms with Gasteiger partial charge in [0.25, 0.3) is 8.32 Å². The van der Waals surface area contributed by atoms with Crippen molar-refractivity contribution in [3.05, 3.63) is 182 Å². The van der Waals surface area contributed by atoms with Crippen LogP contribution in [0.3, 0.4) is 0 Å². The zero-order valence-corrected chi connectivity index (χ0v) is 37.0. The summed E-state index contributed by atoms with van der Waals surface area (Å²) in [5.74, 6) is 0. The van der Waals surface area contributed by atoms with Gasteiger partial charge in [0.05, 0.1) is 8.07 Å². The van der Waals surface area contributed by atoms with Gasteiger partial charge in [0.1, 0.15) is 13.7 Å². The molecule has 51 heavy (non-hydrogen) atoms. The predicted molar refractivity (Wildman–Crippen MR) is 235 cm³/mol. The van der Waals surface area contributed by atoms with Crippen LogP contribution in [0, 0.1) is 0 Å². The lowest BCUT2D eigenvalue weighted by atomic mass is 9.77. The van der Waals surface area contributed by atoms with E-state index in [4.69, 9.17) is 8.85 Å². The van der Waals surface area contributed by atoms with E-state index in [0.717, 1.165) is 0 Å². The molecular formula is C45H62O2Si4. The van der Waals surface area contributed by atoms with E-state index in [1.165, 1.54) is 21.5 Å². The summed E-state index contributed by atoms with van der Waals surface area (Å²) in [6.07, 6.45) is 0. The number of hydrogen-bond acceptors (Lipinski definition) is 2. The molecule has 0 aromatic heterocycles. The Hall–Kier alpha value is -3.37. The average Bonchev–Trinajstić information content (AvgIpc) is 3.14. The lowest BCUT2D eigenvalue weighted by Crippen LogP contribution is -2.67. The Labute approximate surface area is 315 Å².